The molecular weight excluding hydrogens is 146 g/mol. The average molecular weight is 159 g/mol. The maximum atomic E-state index is 5.64. The molecule has 2 fully saturated rings. The first kappa shape index (κ1) is 6.95. The molecule has 0 aromatic rings. The van der Waals surface area contributed by atoms with E-state index in [9.17, 15) is 0 Å². The Morgan fingerprint density at radius 3 is 3.50 bits per heavy atom. The van der Waals surface area contributed by atoms with E-state index >= 15 is 0 Å². The molecule has 3 heteroatoms. The number of nitrogens with one attached hydrogen (secondary N) is 1. The van der Waals surface area contributed by atoms with Gasteiger partial charge in [0.05, 0.1) is 12.7 Å². The van der Waals surface area contributed by atoms with Crippen LogP contribution in [0.5, 0.6) is 0 Å². The molecule has 2 saturated heterocycles. The van der Waals surface area contributed by atoms with Crippen molar-refractivity contribution in [2.45, 2.75) is 17.8 Å². The van der Waals surface area contributed by atoms with Crippen LogP contribution in [0, 0.1) is 0 Å². The molecule has 0 aliphatic carbocycles. The lowest BCUT2D eigenvalue weighted by molar-refractivity contribution is 0.0710. The van der Waals surface area contributed by atoms with Gasteiger partial charge in [0.25, 0.3) is 0 Å². The van der Waals surface area contributed by atoms with Crippen molar-refractivity contribution in [3.63, 3.8) is 0 Å². The van der Waals surface area contributed by atoms with Gasteiger partial charge in [0.15, 0.2) is 0 Å². The minimum absolute atomic E-state index is 0.556. The zero-order valence-corrected chi connectivity index (χ0v) is 6.82. The molecular formula is C7H13NOS. The van der Waals surface area contributed by atoms with Crippen LogP contribution in [-0.4, -0.2) is 36.8 Å². The fourth-order valence-corrected chi connectivity index (χ4v) is 2.87. The number of thioether (sulfide) groups is 1. The lowest BCUT2D eigenvalue weighted by Crippen LogP contribution is -2.27. The van der Waals surface area contributed by atoms with Gasteiger partial charge in [-0.05, 0) is 12.2 Å². The first-order chi connectivity index (χ1) is 4.97. The highest BCUT2D eigenvalue weighted by Crippen LogP contribution is 2.29. The van der Waals surface area contributed by atoms with E-state index in [1.54, 1.807) is 0 Å². The molecule has 0 aromatic heterocycles. The average Bonchev–Trinajstić information content (AvgIpc) is 2.28. The molecule has 58 valence electrons. The van der Waals surface area contributed by atoms with Crippen LogP contribution in [0.25, 0.3) is 0 Å². The van der Waals surface area contributed by atoms with Crippen LogP contribution >= 0.6 is 11.8 Å². The van der Waals surface area contributed by atoms with E-state index in [4.69, 9.17) is 4.74 Å². The summed E-state index contributed by atoms with van der Waals surface area (Å²) in [6, 6.07) is 0. The third kappa shape index (κ3) is 1.31. The van der Waals surface area contributed by atoms with E-state index in [-0.39, 0.29) is 0 Å². The topological polar surface area (TPSA) is 21.3 Å². The molecule has 2 rings (SSSR count). The van der Waals surface area contributed by atoms with Crippen molar-refractivity contribution < 1.29 is 4.74 Å². The summed E-state index contributed by atoms with van der Waals surface area (Å²) in [6.45, 7) is 3.09. The van der Waals surface area contributed by atoms with Crippen LogP contribution in [0.1, 0.15) is 6.42 Å². The zero-order valence-electron chi connectivity index (χ0n) is 6.01. The normalized spacial score (nSPS) is 40.8. The predicted octanol–water partition coefficient (Wildman–Crippen LogP) is 0.480. The van der Waals surface area contributed by atoms with Crippen LogP contribution < -0.4 is 5.32 Å². The van der Waals surface area contributed by atoms with Gasteiger partial charge < -0.3 is 10.1 Å². The monoisotopic (exact) mass is 159 g/mol. The minimum atomic E-state index is 0.556. The Morgan fingerprint density at radius 2 is 2.50 bits per heavy atom. The van der Waals surface area contributed by atoms with Gasteiger partial charge in [-0.15, -0.1) is 0 Å². The van der Waals surface area contributed by atoms with E-state index in [1.807, 2.05) is 0 Å². The van der Waals surface area contributed by atoms with Crippen LogP contribution in [0.2, 0.25) is 0 Å². The van der Waals surface area contributed by atoms with Crippen molar-refractivity contribution in [2.75, 3.05) is 25.4 Å². The summed E-state index contributed by atoms with van der Waals surface area (Å²) in [7, 11) is 0. The summed E-state index contributed by atoms with van der Waals surface area (Å²) in [5.41, 5.74) is 0. The second-order valence-corrected chi connectivity index (χ2v) is 4.16. The second-order valence-electron chi connectivity index (χ2n) is 2.81. The third-order valence-electron chi connectivity index (χ3n) is 2.11. The summed E-state index contributed by atoms with van der Waals surface area (Å²) >= 11 is 2.05. The summed E-state index contributed by atoms with van der Waals surface area (Å²) in [4.78, 5) is 0. The van der Waals surface area contributed by atoms with Crippen molar-refractivity contribution in [1.29, 1.82) is 0 Å². The summed E-state index contributed by atoms with van der Waals surface area (Å²) in [5, 5.41) is 4.11. The lowest BCUT2D eigenvalue weighted by Gasteiger charge is -2.13. The molecule has 1 N–H and O–H groups in total. The van der Waals surface area contributed by atoms with Gasteiger partial charge in [-0.2, -0.15) is 11.8 Å². The van der Waals surface area contributed by atoms with Crippen molar-refractivity contribution in [3.05, 3.63) is 0 Å². The summed E-state index contributed by atoms with van der Waals surface area (Å²) < 4.78 is 5.64. The number of rotatable bonds is 0. The molecule has 10 heavy (non-hydrogen) atoms. The number of hydrogen-bond acceptors (Lipinski definition) is 3. The highest BCUT2D eigenvalue weighted by atomic mass is 32.2. The summed E-state index contributed by atoms with van der Waals surface area (Å²) in [6.07, 6.45) is 1.82. The fraction of sp³-hybridized carbons (Fsp3) is 1.00. The molecule has 2 heterocycles. The molecule has 0 saturated carbocycles. The van der Waals surface area contributed by atoms with Gasteiger partial charge in [0, 0.05) is 18.3 Å². The van der Waals surface area contributed by atoms with Crippen LogP contribution in [-0.2, 0) is 4.74 Å². The van der Waals surface area contributed by atoms with Gasteiger partial charge in [0.1, 0.15) is 0 Å². The van der Waals surface area contributed by atoms with E-state index in [2.05, 4.69) is 17.1 Å². The number of ether oxygens (including phenoxy) is 1. The van der Waals surface area contributed by atoms with Gasteiger partial charge in [0.2, 0.25) is 0 Å². The Balaban J connectivity index is 1.95. The molecule has 2 aliphatic rings. The predicted molar refractivity (Wildman–Crippen MR) is 43.5 cm³/mol. The Bertz CT molecular complexity index is 108. The largest absolute Gasteiger partial charge is 0.376 e. The molecule has 2 nitrogen and oxygen atoms in total. The minimum Gasteiger partial charge on any atom is -0.376 e. The van der Waals surface area contributed by atoms with E-state index in [0.29, 0.717) is 6.10 Å². The van der Waals surface area contributed by atoms with Crippen LogP contribution in [0.3, 0.4) is 0 Å². The van der Waals surface area contributed by atoms with Crippen molar-refractivity contribution >= 4 is 11.8 Å². The zero-order chi connectivity index (χ0) is 6.81. The van der Waals surface area contributed by atoms with Gasteiger partial charge in [-0.1, -0.05) is 0 Å². The van der Waals surface area contributed by atoms with Gasteiger partial charge in [-0.25, -0.2) is 0 Å². The summed E-state index contributed by atoms with van der Waals surface area (Å²) in [5.74, 6) is 1.29. The van der Waals surface area contributed by atoms with Crippen molar-refractivity contribution in [3.8, 4) is 0 Å². The van der Waals surface area contributed by atoms with Gasteiger partial charge >= 0.3 is 0 Å². The first-order valence-corrected chi connectivity index (χ1v) is 4.95. The number of fused-ring (bicyclic) bond motifs is 1. The fourth-order valence-electron chi connectivity index (χ4n) is 1.54. The molecule has 2 atom stereocenters. The Kier molecular flexibility index (Phi) is 2.16. The maximum Gasteiger partial charge on any atom is 0.0714 e. The molecule has 0 amide bonds. The standard InChI is InChI=1S/C7H13NOS/c1-4-10-7-5-8-2-3-9-6(1)7/h6-8H,1-5H2. The second kappa shape index (κ2) is 3.11. The van der Waals surface area contributed by atoms with E-state index in [1.165, 1.54) is 12.2 Å². The molecule has 0 aromatic carbocycles. The smallest absolute Gasteiger partial charge is 0.0714 e. The van der Waals surface area contributed by atoms with E-state index in [0.717, 1.165) is 24.9 Å². The quantitative estimate of drug-likeness (QED) is 0.555. The lowest BCUT2D eigenvalue weighted by atomic mass is 10.2. The molecule has 2 aliphatic heterocycles. The van der Waals surface area contributed by atoms with Crippen molar-refractivity contribution in [1.82, 2.24) is 5.32 Å². The van der Waals surface area contributed by atoms with Crippen LogP contribution in [0.15, 0.2) is 0 Å². The SMILES string of the molecule is C1COC2CCSC2CN1. The van der Waals surface area contributed by atoms with Crippen LogP contribution in [0.4, 0.5) is 0 Å². The highest BCUT2D eigenvalue weighted by molar-refractivity contribution is 8.00. The highest BCUT2D eigenvalue weighted by Gasteiger charge is 2.29. The molecule has 2 unspecified atom stereocenters. The van der Waals surface area contributed by atoms with Crippen molar-refractivity contribution in [2.24, 2.45) is 0 Å². The molecule has 0 radical (unpaired) electrons. The number of hydrogen-bond donors (Lipinski definition) is 1. The molecule has 0 bridgehead atoms. The Labute approximate surface area is 65.7 Å². The third-order valence-corrected chi connectivity index (χ3v) is 3.48. The Hall–Kier alpha value is 0.270. The maximum absolute atomic E-state index is 5.64. The van der Waals surface area contributed by atoms with Gasteiger partial charge in [-0.3, -0.25) is 0 Å². The first-order valence-electron chi connectivity index (χ1n) is 3.91. The molecule has 0 spiro atoms. The van der Waals surface area contributed by atoms with E-state index < -0.39 is 0 Å². The Morgan fingerprint density at radius 1 is 1.50 bits per heavy atom.